The Labute approximate surface area is 352 Å². The van der Waals surface area contributed by atoms with E-state index in [2.05, 4.69) is 31.2 Å². The second kappa shape index (κ2) is 16.6. The molecule has 4 aliphatic heterocycles. The number of alkyl halides is 2. The lowest BCUT2D eigenvalue weighted by atomic mass is 10.0. The van der Waals surface area contributed by atoms with Gasteiger partial charge in [0.2, 0.25) is 23.7 Å². The molecule has 3 fully saturated rings. The van der Waals surface area contributed by atoms with Gasteiger partial charge in [0.1, 0.15) is 23.3 Å². The number of carbonyl (C=O) groups is 7. The lowest BCUT2D eigenvalue weighted by molar-refractivity contribution is -0.140. The highest BCUT2D eigenvalue weighted by molar-refractivity contribution is 6.25. The SMILES string of the molecule is COc1cc(C(=O)NC2CCN(C(=O)CCCNc3cccc4c3C(=O)N(C3CCC(=O)NC3=O)C4=O)CC2)c(F)cc1Nc1ncc2c(n1)N(C1CC1)CC(F)(F)C(=O)N2C. The fourth-order valence-corrected chi connectivity index (χ4v) is 8.21. The summed E-state index contributed by atoms with van der Waals surface area (Å²) in [6, 6.07) is 5.36. The molecule has 62 heavy (non-hydrogen) atoms. The number of hydrogen-bond donors (Lipinski definition) is 4. The Morgan fingerprint density at radius 3 is 2.47 bits per heavy atom. The van der Waals surface area contributed by atoms with E-state index in [1.54, 1.807) is 17.0 Å². The van der Waals surface area contributed by atoms with Crippen LogP contribution >= 0.6 is 0 Å². The summed E-state index contributed by atoms with van der Waals surface area (Å²) in [5.74, 6) is -8.96. The minimum atomic E-state index is -3.64. The highest BCUT2D eigenvalue weighted by Gasteiger charge is 2.50. The molecule has 1 saturated carbocycles. The molecule has 5 heterocycles. The number of fused-ring (bicyclic) bond motifs is 2. The van der Waals surface area contributed by atoms with Gasteiger partial charge < -0.3 is 35.4 Å². The first-order chi connectivity index (χ1) is 29.6. The van der Waals surface area contributed by atoms with Gasteiger partial charge in [-0.05, 0) is 56.7 Å². The summed E-state index contributed by atoms with van der Waals surface area (Å²) in [4.78, 5) is 103. The molecule has 5 aliphatic rings. The van der Waals surface area contributed by atoms with E-state index in [1.165, 1.54) is 37.4 Å². The molecule has 0 bridgehead atoms. The molecule has 3 aromatic rings. The van der Waals surface area contributed by atoms with E-state index in [1.807, 2.05) is 0 Å². The second-order valence-corrected chi connectivity index (χ2v) is 15.8. The number of anilines is 5. The van der Waals surface area contributed by atoms with Crippen molar-refractivity contribution in [3.8, 4) is 5.75 Å². The Balaban J connectivity index is 0.826. The van der Waals surface area contributed by atoms with Gasteiger partial charge in [-0.2, -0.15) is 13.8 Å². The third-order valence-corrected chi connectivity index (χ3v) is 11.7. The molecule has 326 valence electrons. The van der Waals surface area contributed by atoms with Crippen LogP contribution in [0.5, 0.6) is 5.75 Å². The van der Waals surface area contributed by atoms with Crippen molar-refractivity contribution in [1.82, 2.24) is 30.4 Å². The van der Waals surface area contributed by atoms with Crippen molar-refractivity contribution in [2.75, 3.05) is 60.8 Å². The minimum Gasteiger partial charge on any atom is -0.495 e. The molecule has 1 aromatic heterocycles. The molecule has 2 saturated heterocycles. The summed E-state index contributed by atoms with van der Waals surface area (Å²) in [6.07, 6.45) is 4.04. The Morgan fingerprint density at radius 1 is 1.00 bits per heavy atom. The van der Waals surface area contributed by atoms with E-state index in [0.717, 1.165) is 15.9 Å². The number of piperidine rings is 2. The van der Waals surface area contributed by atoms with Crippen molar-refractivity contribution in [3.05, 3.63) is 59.0 Å². The quantitative estimate of drug-likeness (QED) is 0.153. The van der Waals surface area contributed by atoms with Crippen molar-refractivity contribution < 1.29 is 51.5 Å². The van der Waals surface area contributed by atoms with E-state index in [0.29, 0.717) is 57.4 Å². The van der Waals surface area contributed by atoms with E-state index in [4.69, 9.17) is 4.74 Å². The van der Waals surface area contributed by atoms with Gasteiger partial charge >= 0.3 is 5.92 Å². The number of nitrogens with zero attached hydrogens (tertiary/aromatic N) is 6. The zero-order chi connectivity index (χ0) is 44.0. The molecule has 0 radical (unpaired) electrons. The third-order valence-electron chi connectivity index (χ3n) is 11.7. The normalized spacial score (nSPS) is 20.1. The molecule has 4 N–H and O–H groups in total. The summed E-state index contributed by atoms with van der Waals surface area (Å²) in [6.45, 7) is 0.166. The number of methoxy groups -OCH3 is 1. The first kappa shape index (κ1) is 41.9. The van der Waals surface area contributed by atoms with Crippen LogP contribution in [0.1, 0.15) is 82.4 Å². The van der Waals surface area contributed by atoms with Crippen LogP contribution in [-0.2, 0) is 19.2 Å². The molecule has 8 rings (SSSR count). The van der Waals surface area contributed by atoms with Gasteiger partial charge in [0.05, 0.1) is 42.2 Å². The Bertz CT molecular complexity index is 2390. The largest absolute Gasteiger partial charge is 0.495 e. The highest BCUT2D eigenvalue weighted by Crippen LogP contribution is 2.42. The smallest absolute Gasteiger partial charge is 0.342 e. The molecule has 18 nitrogen and oxygen atoms in total. The summed E-state index contributed by atoms with van der Waals surface area (Å²) in [5, 5.41) is 11.0. The van der Waals surface area contributed by atoms with Gasteiger partial charge in [-0.1, -0.05) is 6.07 Å². The van der Waals surface area contributed by atoms with Crippen LogP contribution in [0.15, 0.2) is 36.5 Å². The maximum absolute atomic E-state index is 15.6. The second-order valence-electron chi connectivity index (χ2n) is 15.8. The predicted molar refractivity (Wildman–Crippen MR) is 215 cm³/mol. The molecule has 0 spiro atoms. The van der Waals surface area contributed by atoms with Crippen LogP contribution in [0.2, 0.25) is 0 Å². The van der Waals surface area contributed by atoms with Gasteiger partial charge in [-0.25, -0.2) is 9.37 Å². The summed E-state index contributed by atoms with van der Waals surface area (Å²) in [5.41, 5.74) is 0.551. The number of likely N-dealkylation sites (tertiary alicyclic amines) is 1. The first-order valence-electron chi connectivity index (χ1n) is 20.3. The molecule has 1 unspecified atom stereocenters. The van der Waals surface area contributed by atoms with Crippen molar-refractivity contribution >= 4 is 70.2 Å². The van der Waals surface area contributed by atoms with Crippen molar-refractivity contribution in [2.45, 2.75) is 75.4 Å². The monoisotopic (exact) mass is 860 g/mol. The van der Waals surface area contributed by atoms with Crippen LogP contribution in [0.4, 0.5) is 42.0 Å². The summed E-state index contributed by atoms with van der Waals surface area (Å²) in [7, 11) is 2.56. The molecule has 7 amide bonds. The Morgan fingerprint density at radius 2 is 1.76 bits per heavy atom. The topological polar surface area (TPSA) is 216 Å². The van der Waals surface area contributed by atoms with Gasteiger partial charge in [-0.3, -0.25) is 43.8 Å². The van der Waals surface area contributed by atoms with Crippen LogP contribution in [0.3, 0.4) is 0 Å². The predicted octanol–water partition coefficient (Wildman–Crippen LogP) is 2.96. The molecule has 2 aromatic carbocycles. The molecule has 1 atom stereocenters. The number of rotatable bonds is 12. The standard InChI is InChI=1S/C41H43F3N10O8/c1-51-29-19-46-40(50-34(29)53(22-8-9-22)20-41(43,44)39(51)61)48-27-18-25(42)24(17-30(27)62-2)35(57)47-21-12-15-52(16-13-21)32(56)7-4-14-45-26-6-3-5-23-33(26)38(60)54(37(23)59)28-10-11-31(55)49-36(28)58/h3,5-6,17-19,21-22,28,45H,4,7-16,20H2,1-2H3,(H,47,57)(H,46,48,50)(H,49,55,58). The number of amides is 7. The number of imide groups is 2. The van der Waals surface area contributed by atoms with Crippen LogP contribution < -0.4 is 35.8 Å². The van der Waals surface area contributed by atoms with Crippen molar-refractivity contribution in [3.63, 3.8) is 0 Å². The number of halogens is 3. The van der Waals surface area contributed by atoms with Crippen molar-refractivity contribution in [1.29, 1.82) is 0 Å². The number of carbonyl (C=O) groups excluding carboxylic acids is 7. The number of nitrogens with one attached hydrogen (secondary N) is 4. The van der Waals surface area contributed by atoms with E-state index < -0.39 is 59.8 Å². The average Bonchev–Trinajstić information content (AvgIpc) is 4.07. The fraction of sp³-hybridized carbons (Fsp3) is 0.439. The van der Waals surface area contributed by atoms with Crippen LogP contribution in [-0.4, -0.2) is 126 Å². The van der Waals surface area contributed by atoms with Crippen LogP contribution in [0.25, 0.3) is 0 Å². The highest BCUT2D eigenvalue weighted by atomic mass is 19.3. The maximum atomic E-state index is 15.6. The minimum absolute atomic E-state index is 0.0106. The average molecular weight is 861 g/mol. The van der Waals surface area contributed by atoms with Gasteiger partial charge in [0.15, 0.2) is 5.82 Å². The number of benzene rings is 2. The van der Waals surface area contributed by atoms with Crippen molar-refractivity contribution in [2.24, 2.45) is 0 Å². The summed E-state index contributed by atoms with van der Waals surface area (Å²) >= 11 is 0. The van der Waals surface area contributed by atoms with Crippen LogP contribution in [0, 0.1) is 5.82 Å². The lowest BCUT2D eigenvalue weighted by Gasteiger charge is -2.32. The fourth-order valence-electron chi connectivity index (χ4n) is 8.21. The van der Waals surface area contributed by atoms with E-state index >= 15 is 4.39 Å². The number of ether oxygens (including phenoxy) is 1. The Hall–Kier alpha value is -6.80. The first-order valence-corrected chi connectivity index (χ1v) is 20.3. The van der Waals surface area contributed by atoms with Gasteiger partial charge in [0, 0.05) is 63.4 Å². The zero-order valence-corrected chi connectivity index (χ0v) is 33.8. The molecule has 21 heteroatoms. The number of aromatic nitrogens is 2. The lowest BCUT2D eigenvalue weighted by Crippen LogP contribution is -2.54. The Kier molecular flexibility index (Phi) is 11.2. The maximum Gasteiger partial charge on any atom is 0.342 e. The van der Waals surface area contributed by atoms with E-state index in [9.17, 15) is 42.3 Å². The van der Waals surface area contributed by atoms with E-state index in [-0.39, 0.29) is 82.8 Å². The molecule has 1 aliphatic carbocycles. The zero-order valence-electron chi connectivity index (χ0n) is 33.8. The summed E-state index contributed by atoms with van der Waals surface area (Å²) < 4.78 is 50.5. The molecular formula is C41H43F3N10O8. The number of hydrogen-bond acceptors (Lipinski definition) is 13. The van der Waals surface area contributed by atoms with Gasteiger partial charge in [-0.15, -0.1) is 0 Å². The third kappa shape index (κ3) is 8.05. The van der Waals surface area contributed by atoms with Gasteiger partial charge in [0.25, 0.3) is 23.6 Å². The molecular weight excluding hydrogens is 818 g/mol.